The number of hydrogen-bond donors (Lipinski definition) is 1. The van der Waals surface area contributed by atoms with E-state index in [2.05, 4.69) is 39.8 Å². The van der Waals surface area contributed by atoms with E-state index < -0.39 is 0 Å². The maximum atomic E-state index is 13.0. The van der Waals surface area contributed by atoms with E-state index in [-0.39, 0.29) is 5.91 Å². The van der Waals surface area contributed by atoms with E-state index >= 15 is 0 Å². The molecule has 2 heterocycles. The second kappa shape index (κ2) is 8.01. The molecule has 0 unspecified atom stereocenters. The summed E-state index contributed by atoms with van der Waals surface area (Å²) >= 11 is 1.56. The third-order valence-electron chi connectivity index (χ3n) is 4.89. The van der Waals surface area contributed by atoms with Gasteiger partial charge < -0.3 is 9.32 Å². The molecule has 0 saturated heterocycles. The summed E-state index contributed by atoms with van der Waals surface area (Å²) < 4.78 is 6.46. The molecule has 2 aromatic heterocycles. The smallest absolute Gasteiger partial charge is 0.295 e. The first-order valence-electron chi connectivity index (χ1n) is 9.10. The standard InChI is InChI=1S/C20H25N3O2S/c1-5-22(6-2)9-10-23(19(24)17-8-7-11-25-17)20-21-16-12-14(3)15(4)13-18(16)26-20/h7-8,11-13H,5-6,9-10H2,1-4H3/p+1. The molecule has 0 bridgehead atoms. The Morgan fingerprint density at radius 1 is 1.23 bits per heavy atom. The van der Waals surface area contributed by atoms with Gasteiger partial charge in [0.25, 0.3) is 5.91 Å². The third kappa shape index (κ3) is 3.81. The van der Waals surface area contributed by atoms with Crippen LogP contribution in [0.5, 0.6) is 0 Å². The van der Waals surface area contributed by atoms with Gasteiger partial charge in [-0.2, -0.15) is 0 Å². The van der Waals surface area contributed by atoms with Crippen LogP contribution in [0.1, 0.15) is 35.5 Å². The van der Waals surface area contributed by atoms with Gasteiger partial charge in [-0.05, 0) is 63.1 Å². The van der Waals surface area contributed by atoms with E-state index in [9.17, 15) is 4.79 Å². The number of hydrogen-bond acceptors (Lipinski definition) is 4. The van der Waals surface area contributed by atoms with E-state index in [1.165, 1.54) is 22.3 Å². The summed E-state index contributed by atoms with van der Waals surface area (Å²) in [6, 6.07) is 7.69. The first-order valence-corrected chi connectivity index (χ1v) is 9.91. The Morgan fingerprint density at radius 3 is 2.62 bits per heavy atom. The van der Waals surface area contributed by atoms with Gasteiger partial charge >= 0.3 is 0 Å². The monoisotopic (exact) mass is 372 g/mol. The highest BCUT2D eigenvalue weighted by molar-refractivity contribution is 7.22. The Balaban J connectivity index is 1.95. The molecule has 5 nitrogen and oxygen atoms in total. The molecule has 138 valence electrons. The molecular weight excluding hydrogens is 346 g/mol. The van der Waals surface area contributed by atoms with Crippen LogP contribution in [0.15, 0.2) is 34.9 Å². The first kappa shape index (κ1) is 18.6. The molecule has 6 heteroatoms. The fourth-order valence-electron chi connectivity index (χ4n) is 2.97. The molecule has 3 aromatic rings. The minimum Gasteiger partial charge on any atom is -0.459 e. The number of carbonyl (C=O) groups excluding carboxylic acids is 1. The Bertz CT molecular complexity index is 843. The van der Waals surface area contributed by atoms with Gasteiger partial charge in [0.1, 0.15) is 0 Å². The van der Waals surface area contributed by atoms with Crippen molar-refractivity contribution in [3.8, 4) is 0 Å². The van der Waals surface area contributed by atoms with Gasteiger partial charge in [-0.1, -0.05) is 11.3 Å². The number of nitrogens with one attached hydrogen (secondary N) is 1. The van der Waals surface area contributed by atoms with Crippen molar-refractivity contribution in [1.82, 2.24) is 4.98 Å². The average molecular weight is 373 g/mol. The summed E-state index contributed by atoms with van der Waals surface area (Å²) in [5.41, 5.74) is 3.40. The lowest BCUT2D eigenvalue weighted by Gasteiger charge is -2.22. The first-order chi connectivity index (χ1) is 12.5. The maximum absolute atomic E-state index is 13.0. The number of aromatic nitrogens is 1. The van der Waals surface area contributed by atoms with Gasteiger partial charge in [0.15, 0.2) is 10.9 Å². The second-order valence-electron chi connectivity index (χ2n) is 6.54. The van der Waals surface area contributed by atoms with Crippen LogP contribution in [0.4, 0.5) is 5.13 Å². The highest BCUT2D eigenvalue weighted by Gasteiger charge is 2.24. The number of fused-ring (bicyclic) bond motifs is 1. The minimum absolute atomic E-state index is 0.131. The van der Waals surface area contributed by atoms with Gasteiger partial charge in [-0.15, -0.1) is 0 Å². The molecule has 0 radical (unpaired) electrons. The maximum Gasteiger partial charge on any atom is 0.295 e. The van der Waals surface area contributed by atoms with E-state index in [4.69, 9.17) is 9.40 Å². The Morgan fingerprint density at radius 2 is 1.96 bits per heavy atom. The second-order valence-corrected chi connectivity index (χ2v) is 7.55. The SMILES string of the molecule is CC[NH+](CC)CCN(C(=O)c1ccco1)c1nc2cc(C)c(C)cc2s1. The molecule has 0 aliphatic heterocycles. The van der Waals surface area contributed by atoms with Crippen molar-refractivity contribution in [2.45, 2.75) is 27.7 Å². The predicted octanol–water partition coefficient (Wildman–Crippen LogP) is 3.08. The van der Waals surface area contributed by atoms with Crippen molar-refractivity contribution < 1.29 is 14.1 Å². The summed E-state index contributed by atoms with van der Waals surface area (Å²) in [5, 5.41) is 0.734. The largest absolute Gasteiger partial charge is 0.459 e. The van der Waals surface area contributed by atoms with Crippen molar-refractivity contribution in [3.05, 3.63) is 47.4 Å². The van der Waals surface area contributed by atoms with Crippen LogP contribution in [-0.2, 0) is 0 Å². The normalized spacial score (nSPS) is 11.4. The molecule has 26 heavy (non-hydrogen) atoms. The van der Waals surface area contributed by atoms with Crippen LogP contribution in [0.2, 0.25) is 0 Å². The summed E-state index contributed by atoms with van der Waals surface area (Å²) in [6.07, 6.45) is 1.53. The molecule has 0 atom stereocenters. The molecule has 1 amide bonds. The molecule has 0 fully saturated rings. The van der Waals surface area contributed by atoms with Crippen LogP contribution in [0.25, 0.3) is 10.2 Å². The summed E-state index contributed by atoms with van der Waals surface area (Å²) in [6.45, 7) is 12.1. The number of likely N-dealkylation sites (N-methyl/N-ethyl adjacent to an activating group) is 1. The topological polar surface area (TPSA) is 50.8 Å². The van der Waals surface area contributed by atoms with Crippen LogP contribution in [0.3, 0.4) is 0 Å². The summed E-state index contributed by atoms with van der Waals surface area (Å²) in [4.78, 5) is 21.0. The average Bonchev–Trinajstić information content (AvgIpc) is 3.29. The fraction of sp³-hybridized carbons (Fsp3) is 0.400. The van der Waals surface area contributed by atoms with E-state index in [0.29, 0.717) is 12.3 Å². The van der Waals surface area contributed by atoms with Crippen molar-refractivity contribution in [2.75, 3.05) is 31.1 Å². The summed E-state index contributed by atoms with van der Waals surface area (Å²) in [7, 11) is 0. The van der Waals surface area contributed by atoms with E-state index in [1.54, 1.807) is 28.4 Å². The highest BCUT2D eigenvalue weighted by Crippen LogP contribution is 2.31. The molecule has 0 aliphatic rings. The lowest BCUT2D eigenvalue weighted by atomic mass is 10.1. The lowest BCUT2D eigenvalue weighted by Crippen LogP contribution is -3.12. The highest BCUT2D eigenvalue weighted by atomic mass is 32.1. The molecule has 1 aromatic carbocycles. The predicted molar refractivity (Wildman–Crippen MR) is 106 cm³/mol. The minimum atomic E-state index is -0.131. The van der Waals surface area contributed by atoms with Crippen LogP contribution < -0.4 is 9.80 Å². The number of benzene rings is 1. The number of amides is 1. The lowest BCUT2D eigenvalue weighted by molar-refractivity contribution is -0.894. The van der Waals surface area contributed by atoms with Crippen LogP contribution in [0, 0.1) is 13.8 Å². The van der Waals surface area contributed by atoms with E-state index in [0.717, 1.165) is 35.0 Å². The zero-order valence-electron chi connectivity index (χ0n) is 15.8. The quantitative estimate of drug-likeness (QED) is 0.693. The molecule has 1 N–H and O–H groups in total. The zero-order chi connectivity index (χ0) is 18.7. The Kier molecular flexibility index (Phi) is 5.74. The van der Waals surface area contributed by atoms with Gasteiger partial charge in [-0.25, -0.2) is 4.98 Å². The number of quaternary nitrogens is 1. The number of carbonyl (C=O) groups is 1. The Hall–Kier alpha value is -2.18. The van der Waals surface area contributed by atoms with Crippen LogP contribution >= 0.6 is 11.3 Å². The van der Waals surface area contributed by atoms with Gasteiger partial charge in [0, 0.05) is 0 Å². The fourth-order valence-corrected chi connectivity index (χ4v) is 4.04. The van der Waals surface area contributed by atoms with Gasteiger partial charge in [0.2, 0.25) is 0 Å². The van der Waals surface area contributed by atoms with E-state index in [1.807, 2.05) is 0 Å². The molecule has 0 aliphatic carbocycles. The number of furan rings is 1. The van der Waals surface area contributed by atoms with Crippen molar-refractivity contribution in [3.63, 3.8) is 0 Å². The van der Waals surface area contributed by atoms with Crippen molar-refractivity contribution in [2.24, 2.45) is 0 Å². The number of thiazole rings is 1. The number of rotatable bonds is 7. The molecule has 3 rings (SSSR count). The zero-order valence-corrected chi connectivity index (χ0v) is 16.7. The van der Waals surface area contributed by atoms with Crippen molar-refractivity contribution >= 4 is 32.6 Å². The van der Waals surface area contributed by atoms with Crippen molar-refractivity contribution in [1.29, 1.82) is 0 Å². The van der Waals surface area contributed by atoms with Crippen LogP contribution in [-0.4, -0.2) is 37.1 Å². The summed E-state index contributed by atoms with van der Waals surface area (Å²) in [5.74, 6) is 0.222. The van der Waals surface area contributed by atoms with Gasteiger partial charge in [0.05, 0.1) is 42.7 Å². The number of nitrogens with zero attached hydrogens (tertiary/aromatic N) is 2. The Labute approximate surface area is 158 Å². The number of aryl methyl sites for hydroxylation is 2. The number of anilines is 1. The molecule has 0 saturated carbocycles. The molecular formula is C20H26N3O2S+. The molecule has 0 spiro atoms. The van der Waals surface area contributed by atoms with Gasteiger partial charge in [-0.3, -0.25) is 9.69 Å². The third-order valence-corrected chi connectivity index (χ3v) is 5.93.